The number of piperidine rings is 1. The minimum Gasteiger partial charge on any atom is -0.368 e. The van der Waals surface area contributed by atoms with Crippen molar-refractivity contribution in [2.24, 2.45) is 5.73 Å². The van der Waals surface area contributed by atoms with Crippen molar-refractivity contribution in [1.82, 2.24) is 10.2 Å². The number of nitrogens with zero attached hydrogens (tertiary/aromatic N) is 2. The number of ketones is 1. The van der Waals surface area contributed by atoms with Crippen LogP contribution >= 0.6 is 0 Å². The maximum atomic E-state index is 13.9. The number of fused-ring (bicyclic) bond motifs is 1. The van der Waals surface area contributed by atoms with E-state index in [0.29, 0.717) is 37.2 Å². The summed E-state index contributed by atoms with van der Waals surface area (Å²) in [6.45, 7) is 0.608. The van der Waals surface area contributed by atoms with E-state index in [1.165, 1.54) is 18.2 Å². The third kappa shape index (κ3) is 4.82. The third-order valence-corrected chi connectivity index (χ3v) is 6.99. The summed E-state index contributed by atoms with van der Waals surface area (Å²) < 4.78 is 66.2. The van der Waals surface area contributed by atoms with Crippen LogP contribution in [-0.4, -0.2) is 48.6 Å². The summed E-state index contributed by atoms with van der Waals surface area (Å²) in [4.78, 5) is 28.9. The summed E-state index contributed by atoms with van der Waals surface area (Å²) in [7, 11) is 1.86. The van der Waals surface area contributed by atoms with Crippen LogP contribution in [0.1, 0.15) is 46.8 Å². The molecule has 0 unspecified atom stereocenters. The van der Waals surface area contributed by atoms with Crippen molar-refractivity contribution >= 4 is 17.5 Å². The van der Waals surface area contributed by atoms with Crippen molar-refractivity contribution in [3.63, 3.8) is 0 Å². The van der Waals surface area contributed by atoms with E-state index >= 15 is 0 Å². The third-order valence-electron chi connectivity index (χ3n) is 6.99. The Morgan fingerprint density at radius 2 is 1.83 bits per heavy atom. The fourth-order valence-electron chi connectivity index (χ4n) is 4.84. The first-order valence-electron chi connectivity index (χ1n) is 11.1. The Kier molecular flexibility index (Phi) is 6.48. The van der Waals surface area contributed by atoms with Gasteiger partial charge in [-0.2, -0.15) is 13.2 Å². The number of amides is 2. The zero-order chi connectivity index (χ0) is 25.5. The van der Waals surface area contributed by atoms with Gasteiger partial charge in [-0.05, 0) is 48.7 Å². The van der Waals surface area contributed by atoms with Crippen molar-refractivity contribution < 1.29 is 31.5 Å². The van der Waals surface area contributed by atoms with E-state index in [1.807, 2.05) is 11.9 Å². The molecule has 6 nitrogen and oxygen atoms in total. The molecular weight excluding hydrogens is 471 g/mol. The number of nitrogens with two attached hydrogens (primary N) is 1. The number of halogens is 5. The Hall–Kier alpha value is -3.21. The molecule has 0 aromatic heterocycles. The first-order chi connectivity index (χ1) is 16.4. The fourth-order valence-corrected chi connectivity index (χ4v) is 4.84. The number of rotatable bonds is 3. The molecule has 1 saturated heterocycles. The average molecular weight is 496 g/mol. The summed E-state index contributed by atoms with van der Waals surface area (Å²) in [5.41, 5.74) is 5.25. The number of alkyl halides is 3. The van der Waals surface area contributed by atoms with Gasteiger partial charge in [0.05, 0.1) is 5.54 Å². The standard InChI is InChI=1S/C24H25F5N4O2/c1-32-19-5-3-15(25)11-17(19)20(34)12-23(32)6-8-33(9-7-23)22(35)31-13-14-2-4-18(26)16(10-14)21(30)24(27,28)29/h2-5,10-11,21H,6-9,12-13,30H2,1H3,(H,31,35)/t21-/m1/s1. The fraction of sp³-hybridized carbons (Fsp3) is 0.417. The SMILES string of the molecule is CN1c2ccc(F)cc2C(=O)CC12CCN(C(=O)NCc1ccc(F)c([C@@H](N)C(F)(F)F)c1)CC2. The molecule has 2 aliphatic rings. The van der Waals surface area contributed by atoms with E-state index in [-0.39, 0.29) is 24.3 Å². The second-order valence-electron chi connectivity index (χ2n) is 9.07. The Labute approximate surface area is 198 Å². The lowest BCUT2D eigenvalue weighted by Crippen LogP contribution is -2.59. The van der Waals surface area contributed by atoms with E-state index in [4.69, 9.17) is 5.73 Å². The molecule has 11 heteroatoms. The second-order valence-corrected chi connectivity index (χ2v) is 9.07. The molecule has 0 aliphatic carbocycles. The molecular formula is C24H25F5N4O2. The highest BCUT2D eigenvalue weighted by molar-refractivity contribution is 6.04. The van der Waals surface area contributed by atoms with E-state index in [9.17, 15) is 31.5 Å². The van der Waals surface area contributed by atoms with Gasteiger partial charge in [-0.3, -0.25) is 4.79 Å². The molecule has 2 amide bonds. The van der Waals surface area contributed by atoms with Crippen molar-refractivity contribution in [1.29, 1.82) is 0 Å². The lowest BCUT2D eigenvalue weighted by Gasteiger charge is -2.50. The smallest absolute Gasteiger partial charge is 0.368 e. The number of urea groups is 1. The highest BCUT2D eigenvalue weighted by Crippen LogP contribution is 2.42. The second kappa shape index (κ2) is 9.10. The number of anilines is 1. The van der Waals surface area contributed by atoms with E-state index in [1.54, 1.807) is 11.0 Å². The molecule has 0 radical (unpaired) electrons. The van der Waals surface area contributed by atoms with Crippen LogP contribution in [0.2, 0.25) is 0 Å². The number of carbonyl (C=O) groups is 2. The monoisotopic (exact) mass is 496 g/mol. The summed E-state index contributed by atoms with van der Waals surface area (Å²) >= 11 is 0. The number of Topliss-reactive ketones (excluding diaryl/α,β-unsaturated/α-hetero) is 1. The van der Waals surface area contributed by atoms with Crippen molar-refractivity contribution in [3.8, 4) is 0 Å². The van der Waals surface area contributed by atoms with Crippen LogP contribution in [0, 0.1) is 11.6 Å². The van der Waals surface area contributed by atoms with E-state index in [0.717, 1.165) is 12.1 Å². The van der Waals surface area contributed by atoms with Crippen molar-refractivity contribution in [2.75, 3.05) is 25.0 Å². The molecule has 188 valence electrons. The largest absolute Gasteiger partial charge is 0.407 e. The molecule has 2 aromatic rings. The van der Waals surface area contributed by atoms with Gasteiger partial charge in [0.2, 0.25) is 0 Å². The molecule has 2 aliphatic heterocycles. The summed E-state index contributed by atoms with van der Waals surface area (Å²) in [5, 5.41) is 2.65. The number of hydrogen-bond donors (Lipinski definition) is 2. The van der Waals surface area contributed by atoms with Crippen LogP contribution in [0.15, 0.2) is 36.4 Å². The zero-order valence-corrected chi connectivity index (χ0v) is 19.0. The van der Waals surface area contributed by atoms with Crippen LogP contribution < -0.4 is 16.0 Å². The summed E-state index contributed by atoms with van der Waals surface area (Å²) in [6, 6.07) is 4.44. The van der Waals surface area contributed by atoms with Crippen molar-refractivity contribution in [3.05, 3.63) is 64.7 Å². The Bertz CT molecular complexity index is 1150. The molecule has 2 heterocycles. The predicted octanol–water partition coefficient (Wildman–Crippen LogP) is 4.29. The van der Waals surface area contributed by atoms with Gasteiger partial charge in [0.15, 0.2) is 5.78 Å². The Morgan fingerprint density at radius 3 is 2.49 bits per heavy atom. The highest BCUT2D eigenvalue weighted by Gasteiger charge is 2.45. The quantitative estimate of drug-likeness (QED) is 0.622. The highest BCUT2D eigenvalue weighted by atomic mass is 19.4. The first kappa shape index (κ1) is 24.9. The molecule has 0 bridgehead atoms. The van der Waals surface area contributed by atoms with Crippen molar-refractivity contribution in [2.45, 2.75) is 43.6 Å². The molecule has 1 atom stereocenters. The van der Waals surface area contributed by atoms with Crippen LogP contribution in [-0.2, 0) is 6.54 Å². The van der Waals surface area contributed by atoms with Gasteiger partial charge in [-0.1, -0.05) is 6.07 Å². The van der Waals surface area contributed by atoms with Gasteiger partial charge in [-0.25, -0.2) is 13.6 Å². The van der Waals surface area contributed by atoms with Gasteiger partial charge in [0.25, 0.3) is 0 Å². The summed E-state index contributed by atoms with van der Waals surface area (Å²) in [6.07, 6.45) is -3.55. The molecule has 0 saturated carbocycles. The van der Waals surface area contributed by atoms with Gasteiger partial charge in [-0.15, -0.1) is 0 Å². The normalized spacial score (nSPS) is 18.4. The van der Waals surface area contributed by atoms with Crippen LogP contribution in [0.3, 0.4) is 0 Å². The number of nitrogens with one attached hydrogen (secondary N) is 1. The molecule has 3 N–H and O–H groups in total. The molecule has 1 fully saturated rings. The van der Waals surface area contributed by atoms with E-state index < -0.39 is 41.0 Å². The molecule has 4 rings (SSSR count). The van der Waals surface area contributed by atoms with E-state index in [2.05, 4.69) is 5.32 Å². The predicted molar refractivity (Wildman–Crippen MR) is 119 cm³/mol. The molecule has 2 aromatic carbocycles. The summed E-state index contributed by atoms with van der Waals surface area (Å²) in [5.74, 6) is -1.68. The van der Waals surface area contributed by atoms with Crippen LogP contribution in [0.4, 0.5) is 32.4 Å². The number of benzene rings is 2. The van der Waals surface area contributed by atoms with Gasteiger partial charge >= 0.3 is 12.2 Å². The molecule has 1 spiro atoms. The zero-order valence-electron chi connectivity index (χ0n) is 19.0. The minimum absolute atomic E-state index is 0.102. The first-order valence-corrected chi connectivity index (χ1v) is 11.1. The van der Waals surface area contributed by atoms with Gasteiger partial charge < -0.3 is 20.9 Å². The number of likely N-dealkylation sites (tertiary alicyclic amines) is 1. The maximum absolute atomic E-state index is 13.9. The average Bonchev–Trinajstić information content (AvgIpc) is 2.81. The van der Waals surface area contributed by atoms with Crippen LogP contribution in [0.25, 0.3) is 0 Å². The lowest BCUT2D eigenvalue weighted by atomic mass is 9.77. The maximum Gasteiger partial charge on any atom is 0.407 e. The van der Waals surface area contributed by atoms with Gasteiger partial charge in [0.1, 0.15) is 17.7 Å². The van der Waals surface area contributed by atoms with Gasteiger partial charge in [0, 0.05) is 49.9 Å². The topological polar surface area (TPSA) is 78.7 Å². The number of hydrogen-bond acceptors (Lipinski definition) is 4. The molecule has 35 heavy (non-hydrogen) atoms. The Morgan fingerprint density at radius 1 is 1.14 bits per heavy atom. The van der Waals surface area contributed by atoms with Crippen LogP contribution in [0.5, 0.6) is 0 Å². The minimum atomic E-state index is -4.80. The number of carbonyl (C=O) groups excluding carboxylic acids is 2. The lowest BCUT2D eigenvalue weighted by molar-refractivity contribution is -0.149. The Balaban J connectivity index is 1.38.